The molecule has 0 radical (unpaired) electrons. The third kappa shape index (κ3) is 62.2. The second-order valence-electron chi connectivity index (χ2n) is 22.7. The Morgan fingerprint density at radius 2 is 0.474 bits per heavy atom. The molecule has 444 valence electrons. The van der Waals surface area contributed by atoms with Crippen molar-refractivity contribution in [2.24, 2.45) is 0 Å². The van der Waals surface area contributed by atoms with Crippen molar-refractivity contribution in [3.8, 4) is 0 Å². The van der Waals surface area contributed by atoms with Gasteiger partial charge in [-0.2, -0.15) is 0 Å². The van der Waals surface area contributed by atoms with E-state index >= 15 is 0 Å². The Morgan fingerprint density at radius 3 is 0.750 bits per heavy atom. The topological polar surface area (TPSA) is 78.9 Å². The highest BCUT2D eigenvalue weighted by Crippen LogP contribution is 2.17. The molecule has 0 bridgehead atoms. The van der Waals surface area contributed by atoms with Gasteiger partial charge in [-0.25, -0.2) is 0 Å². The summed E-state index contributed by atoms with van der Waals surface area (Å²) in [6, 6.07) is 0. The lowest BCUT2D eigenvalue weighted by Crippen LogP contribution is -2.30. The summed E-state index contributed by atoms with van der Waals surface area (Å²) in [7, 11) is 0. The molecular formula is C70H128O6. The molecule has 0 aromatic carbocycles. The average molecular weight is 1070 g/mol. The van der Waals surface area contributed by atoms with E-state index in [4.69, 9.17) is 14.2 Å². The molecule has 6 nitrogen and oxygen atoms in total. The number of allylic oxidation sites excluding steroid dienone is 8. The lowest BCUT2D eigenvalue weighted by molar-refractivity contribution is -0.167. The SMILES string of the molecule is CCCCCC/C=C\CCCCCCCC(=O)OCC(COC(=O)CCCCCCCCCCCCCCCCC/C=C\C/C=C\CCCCCCC)OC(=O)CCCCCCCCC/C=C\CCCCCCCCC. The summed E-state index contributed by atoms with van der Waals surface area (Å²) in [6.07, 6.45) is 81.3. The van der Waals surface area contributed by atoms with Crippen LogP contribution in [0.4, 0.5) is 0 Å². The van der Waals surface area contributed by atoms with Crippen LogP contribution in [0, 0.1) is 0 Å². The summed E-state index contributed by atoms with van der Waals surface area (Å²) < 4.78 is 16.9. The molecule has 0 aliphatic carbocycles. The van der Waals surface area contributed by atoms with Crippen LogP contribution in [0.25, 0.3) is 0 Å². The summed E-state index contributed by atoms with van der Waals surface area (Å²) in [5.74, 6) is -0.867. The Kier molecular flexibility index (Phi) is 62.6. The van der Waals surface area contributed by atoms with Gasteiger partial charge in [0.2, 0.25) is 0 Å². The zero-order valence-electron chi connectivity index (χ0n) is 51.0. The zero-order chi connectivity index (χ0) is 55.0. The maximum atomic E-state index is 12.9. The Labute approximate surface area is 473 Å². The van der Waals surface area contributed by atoms with Gasteiger partial charge in [-0.3, -0.25) is 14.4 Å². The normalized spacial score (nSPS) is 12.3. The molecule has 0 aliphatic rings. The lowest BCUT2D eigenvalue weighted by atomic mass is 10.0. The van der Waals surface area contributed by atoms with Crippen LogP contribution in [-0.4, -0.2) is 37.2 Å². The molecule has 0 aliphatic heterocycles. The van der Waals surface area contributed by atoms with E-state index in [1.165, 1.54) is 250 Å². The van der Waals surface area contributed by atoms with Crippen molar-refractivity contribution in [2.75, 3.05) is 13.2 Å². The van der Waals surface area contributed by atoms with Gasteiger partial charge in [0.15, 0.2) is 6.10 Å². The minimum atomic E-state index is -0.778. The molecule has 0 saturated carbocycles. The summed E-state index contributed by atoms with van der Waals surface area (Å²) in [5, 5.41) is 0. The smallest absolute Gasteiger partial charge is 0.306 e. The summed E-state index contributed by atoms with van der Waals surface area (Å²) in [5.41, 5.74) is 0. The first-order chi connectivity index (χ1) is 37.5. The van der Waals surface area contributed by atoms with Gasteiger partial charge in [0.1, 0.15) is 13.2 Å². The molecule has 0 N–H and O–H groups in total. The van der Waals surface area contributed by atoms with E-state index in [-0.39, 0.29) is 31.1 Å². The van der Waals surface area contributed by atoms with Gasteiger partial charge in [0.25, 0.3) is 0 Å². The van der Waals surface area contributed by atoms with Crippen LogP contribution in [0.5, 0.6) is 0 Å². The second kappa shape index (κ2) is 64.9. The fourth-order valence-electron chi connectivity index (χ4n) is 9.94. The molecule has 0 fully saturated rings. The van der Waals surface area contributed by atoms with E-state index in [0.29, 0.717) is 19.3 Å². The first-order valence-corrected chi connectivity index (χ1v) is 33.6. The minimum absolute atomic E-state index is 0.0744. The molecule has 0 amide bonds. The van der Waals surface area contributed by atoms with Crippen molar-refractivity contribution in [2.45, 2.75) is 367 Å². The van der Waals surface area contributed by atoms with Gasteiger partial charge in [0, 0.05) is 19.3 Å². The van der Waals surface area contributed by atoms with Crippen LogP contribution in [0.2, 0.25) is 0 Å². The lowest BCUT2D eigenvalue weighted by Gasteiger charge is -2.18. The fourth-order valence-corrected chi connectivity index (χ4v) is 9.94. The molecule has 1 atom stereocenters. The first-order valence-electron chi connectivity index (χ1n) is 33.6. The quantitative estimate of drug-likeness (QED) is 0.0261. The number of hydrogen-bond donors (Lipinski definition) is 0. The van der Waals surface area contributed by atoms with Crippen LogP contribution in [0.1, 0.15) is 361 Å². The molecule has 76 heavy (non-hydrogen) atoms. The van der Waals surface area contributed by atoms with E-state index in [2.05, 4.69) is 69.4 Å². The molecule has 0 rings (SSSR count). The molecule has 1 unspecified atom stereocenters. The monoisotopic (exact) mass is 1060 g/mol. The standard InChI is InChI=1S/C70H128O6/c1-4-7-10-13-16-19-22-25-27-29-31-32-33-34-35-36-37-38-39-41-42-45-48-51-54-57-60-63-69(72)75-66-67(65-74-68(71)62-59-56-53-50-47-44-24-21-18-15-12-9-6-3)76-70(73)64-61-58-55-52-49-46-43-40-30-28-26-23-20-17-14-11-8-5-2/h21-22,24-25,28-31,67H,4-20,23,26-27,32-66H2,1-3H3/b24-21-,25-22-,30-28-,31-29-. The summed E-state index contributed by atoms with van der Waals surface area (Å²) >= 11 is 0. The highest BCUT2D eigenvalue weighted by molar-refractivity contribution is 5.71. The van der Waals surface area contributed by atoms with Crippen molar-refractivity contribution in [3.05, 3.63) is 48.6 Å². The molecule has 0 aromatic rings. The Bertz CT molecular complexity index is 1310. The second-order valence-corrected chi connectivity index (χ2v) is 22.7. The Balaban J connectivity index is 4.24. The van der Waals surface area contributed by atoms with Crippen molar-refractivity contribution in [1.82, 2.24) is 0 Å². The highest BCUT2D eigenvalue weighted by Gasteiger charge is 2.19. The number of hydrogen-bond acceptors (Lipinski definition) is 6. The van der Waals surface area contributed by atoms with Gasteiger partial charge in [-0.1, -0.05) is 288 Å². The number of carbonyl (C=O) groups excluding carboxylic acids is 3. The Morgan fingerprint density at radius 1 is 0.263 bits per heavy atom. The summed E-state index contributed by atoms with van der Waals surface area (Å²) in [6.45, 7) is 6.65. The van der Waals surface area contributed by atoms with E-state index < -0.39 is 6.10 Å². The predicted octanol–water partition coefficient (Wildman–Crippen LogP) is 22.9. The first kappa shape index (κ1) is 73.4. The van der Waals surface area contributed by atoms with Crippen LogP contribution in [0.15, 0.2) is 48.6 Å². The molecule has 0 aromatic heterocycles. The van der Waals surface area contributed by atoms with Gasteiger partial charge in [-0.15, -0.1) is 0 Å². The Hall–Kier alpha value is -2.63. The van der Waals surface area contributed by atoms with E-state index in [0.717, 1.165) is 70.6 Å². The van der Waals surface area contributed by atoms with Crippen molar-refractivity contribution in [3.63, 3.8) is 0 Å². The van der Waals surface area contributed by atoms with E-state index in [1.54, 1.807) is 0 Å². The van der Waals surface area contributed by atoms with Crippen molar-refractivity contribution < 1.29 is 28.6 Å². The number of carbonyl (C=O) groups is 3. The van der Waals surface area contributed by atoms with Gasteiger partial charge in [-0.05, 0) is 103 Å². The van der Waals surface area contributed by atoms with Gasteiger partial charge < -0.3 is 14.2 Å². The maximum Gasteiger partial charge on any atom is 0.306 e. The average Bonchev–Trinajstić information content (AvgIpc) is 3.42. The number of esters is 3. The third-order valence-electron chi connectivity index (χ3n) is 15.0. The van der Waals surface area contributed by atoms with Crippen LogP contribution in [0.3, 0.4) is 0 Å². The number of rotatable bonds is 62. The highest BCUT2D eigenvalue weighted by atomic mass is 16.6. The van der Waals surface area contributed by atoms with Crippen LogP contribution < -0.4 is 0 Å². The largest absolute Gasteiger partial charge is 0.462 e. The fraction of sp³-hybridized carbons (Fsp3) is 0.843. The number of ether oxygens (including phenoxy) is 3. The zero-order valence-corrected chi connectivity index (χ0v) is 51.0. The summed E-state index contributed by atoms with van der Waals surface area (Å²) in [4.78, 5) is 38.3. The molecule has 0 heterocycles. The minimum Gasteiger partial charge on any atom is -0.462 e. The molecule has 0 saturated heterocycles. The van der Waals surface area contributed by atoms with Crippen molar-refractivity contribution in [1.29, 1.82) is 0 Å². The third-order valence-corrected chi connectivity index (χ3v) is 15.0. The van der Waals surface area contributed by atoms with Gasteiger partial charge in [0.05, 0.1) is 0 Å². The maximum absolute atomic E-state index is 12.9. The van der Waals surface area contributed by atoms with Crippen LogP contribution >= 0.6 is 0 Å². The number of unbranched alkanes of at least 4 members (excludes halogenated alkanes) is 43. The van der Waals surface area contributed by atoms with E-state index in [1.807, 2.05) is 0 Å². The van der Waals surface area contributed by atoms with Gasteiger partial charge >= 0.3 is 17.9 Å². The van der Waals surface area contributed by atoms with Crippen molar-refractivity contribution >= 4 is 17.9 Å². The molecule has 6 heteroatoms. The molecule has 0 spiro atoms. The molecular weight excluding hydrogens is 937 g/mol. The predicted molar refractivity (Wildman–Crippen MR) is 330 cm³/mol. The van der Waals surface area contributed by atoms with Crippen LogP contribution in [-0.2, 0) is 28.6 Å². The van der Waals surface area contributed by atoms with E-state index in [9.17, 15) is 14.4 Å².